The molecule has 4 heterocycles. The van der Waals surface area contributed by atoms with Crippen molar-refractivity contribution >= 4 is 11.9 Å². The Morgan fingerprint density at radius 1 is 1.17 bits per heavy atom. The average molecular weight is 504 g/mol. The lowest BCUT2D eigenvalue weighted by Crippen LogP contribution is -2.64. The zero-order valence-corrected chi connectivity index (χ0v) is 23.1. The Morgan fingerprint density at radius 3 is 2.56 bits per heavy atom. The van der Waals surface area contributed by atoms with Crippen LogP contribution in [0, 0.1) is 19.3 Å². The van der Waals surface area contributed by atoms with Gasteiger partial charge in [-0.3, -0.25) is 9.58 Å². The Hall–Kier alpha value is -1.84. The lowest BCUT2D eigenvalue weighted by Gasteiger charge is -2.58. The molecule has 0 radical (unpaired) electrons. The zero-order valence-electron chi connectivity index (χ0n) is 23.1. The molecule has 1 amide bonds. The molecule has 2 unspecified atom stereocenters. The number of piperazine rings is 1. The van der Waals surface area contributed by atoms with Gasteiger partial charge in [0.1, 0.15) is 5.60 Å². The molecule has 1 aromatic heterocycles. The minimum Gasteiger partial charge on any atom is -0.444 e. The van der Waals surface area contributed by atoms with Crippen molar-refractivity contribution in [2.45, 2.75) is 84.6 Å². The summed E-state index contributed by atoms with van der Waals surface area (Å²) >= 11 is 0. The average Bonchev–Trinajstić information content (AvgIpc) is 3.06. The number of likely N-dealkylation sites (tertiary alicyclic amines) is 1. The Bertz CT molecular complexity index is 937. The summed E-state index contributed by atoms with van der Waals surface area (Å²) in [5, 5.41) is 5.19. The second kappa shape index (κ2) is 9.80. The first-order valence-electron chi connectivity index (χ1n) is 13.8. The molecule has 3 saturated heterocycles. The van der Waals surface area contributed by atoms with Gasteiger partial charge in [-0.05, 0) is 53.9 Å². The van der Waals surface area contributed by atoms with Gasteiger partial charge in [0.05, 0.1) is 32.0 Å². The van der Waals surface area contributed by atoms with Crippen LogP contribution in [0.2, 0.25) is 0 Å². The fraction of sp³-hybridized carbons (Fsp3) is 0.852. The molecule has 202 valence electrons. The van der Waals surface area contributed by atoms with Gasteiger partial charge in [-0.15, -0.1) is 0 Å². The molecule has 2 atom stereocenters. The quantitative estimate of drug-likeness (QED) is 0.610. The largest absolute Gasteiger partial charge is 0.444 e. The normalized spacial score (nSPS) is 27.2. The first kappa shape index (κ1) is 25.8. The van der Waals surface area contributed by atoms with E-state index in [2.05, 4.69) is 35.3 Å². The van der Waals surface area contributed by atoms with Crippen LogP contribution >= 0.6 is 0 Å². The predicted molar refractivity (Wildman–Crippen MR) is 139 cm³/mol. The van der Waals surface area contributed by atoms with Crippen LogP contribution in [0.15, 0.2) is 0 Å². The zero-order chi connectivity index (χ0) is 25.7. The maximum Gasteiger partial charge on any atom is 0.410 e. The third kappa shape index (κ3) is 5.11. The van der Waals surface area contributed by atoms with E-state index in [0.717, 1.165) is 64.3 Å². The molecule has 3 aliphatic heterocycles. The molecule has 1 aromatic rings. The molecule has 0 N–H and O–H groups in total. The number of nitrogens with zero attached hydrogens (tertiary/aromatic N) is 5. The van der Waals surface area contributed by atoms with Crippen LogP contribution in [0.25, 0.3) is 0 Å². The summed E-state index contributed by atoms with van der Waals surface area (Å²) in [4.78, 5) is 19.3. The summed E-state index contributed by atoms with van der Waals surface area (Å²) in [6.45, 7) is 20.2. The fourth-order valence-electron chi connectivity index (χ4n) is 6.45. The first-order valence-corrected chi connectivity index (χ1v) is 13.8. The van der Waals surface area contributed by atoms with E-state index in [1.165, 1.54) is 11.3 Å². The highest BCUT2D eigenvalue weighted by Gasteiger charge is 2.55. The minimum atomic E-state index is -0.442. The van der Waals surface area contributed by atoms with Gasteiger partial charge in [-0.2, -0.15) is 5.10 Å². The summed E-state index contributed by atoms with van der Waals surface area (Å²) in [6.07, 6.45) is 3.27. The van der Waals surface area contributed by atoms with Crippen molar-refractivity contribution in [2.75, 3.05) is 64.0 Å². The van der Waals surface area contributed by atoms with E-state index in [4.69, 9.17) is 19.3 Å². The Kier molecular flexibility index (Phi) is 7.02. The number of rotatable bonds is 5. The monoisotopic (exact) mass is 503 g/mol. The van der Waals surface area contributed by atoms with Crippen LogP contribution in [-0.4, -0.2) is 103 Å². The smallest absolute Gasteiger partial charge is 0.410 e. The lowest BCUT2D eigenvalue weighted by molar-refractivity contribution is -0.0985. The molecule has 1 spiro atoms. The highest BCUT2D eigenvalue weighted by atomic mass is 16.6. The van der Waals surface area contributed by atoms with Crippen molar-refractivity contribution in [2.24, 2.45) is 5.41 Å². The molecule has 0 bridgehead atoms. The summed E-state index contributed by atoms with van der Waals surface area (Å²) in [5.74, 6) is 1.15. The number of aromatic nitrogens is 2. The summed E-state index contributed by atoms with van der Waals surface area (Å²) in [5.41, 5.74) is 2.38. The molecule has 36 heavy (non-hydrogen) atoms. The number of ether oxygens (including phenoxy) is 3. The molecular formula is C27H45N5O4. The van der Waals surface area contributed by atoms with Gasteiger partial charge in [0.2, 0.25) is 0 Å². The Morgan fingerprint density at radius 2 is 1.92 bits per heavy atom. The highest BCUT2D eigenvalue weighted by Crippen LogP contribution is 2.54. The van der Waals surface area contributed by atoms with E-state index >= 15 is 0 Å². The number of carbonyl (C=O) groups is 1. The van der Waals surface area contributed by atoms with Gasteiger partial charge in [-0.1, -0.05) is 6.92 Å². The maximum absolute atomic E-state index is 12.4. The number of hydrogen-bond donors (Lipinski definition) is 0. The second-order valence-electron chi connectivity index (χ2n) is 12.5. The van der Waals surface area contributed by atoms with E-state index < -0.39 is 5.60 Å². The van der Waals surface area contributed by atoms with Crippen LogP contribution in [-0.2, 0) is 14.2 Å². The third-order valence-corrected chi connectivity index (χ3v) is 8.47. The molecular weight excluding hydrogens is 458 g/mol. The second-order valence-corrected chi connectivity index (χ2v) is 12.5. The van der Waals surface area contributed by atoms with Crippen molar-refractivity contribution < 1.29 is 19.0 Å². The van der Waals surface area contributed by atoms with Crippen LogP contribution in [0.3, 0.4) is 0 Å². The summed E-state index contributed by atoms with van der Waals surface area (Å²) < 4.78 is 19.3. The molecule has 1 aliphatic carbocycles. The van der Waals surface area contributed by atoms with Crippen molar-refractivity contribution in [3.8, 4) is 0 Å². The highest BCUT2D eigenvalue weighted by molar-refractivity contribution is 5.69. The van der Waals surface area contributed by atoms with Crippen LogP contribution < -0.4 is 4.90 Å². The third-order valence-electron chi connectivity index (χ3n) is 8.47. The number of anilines is 1. The molecule has 4 aliphatic rings. The van der Waals surface area contributed by atoms with Crippen molar-refractivity contribution in [3.05, 3.63) is 11.3 Å². The van der Waals surface area contributed by atoms with E-state index in [9.17, 15) is 4.79 Å². The molecule has 4 fully saturated rings. The minimum absolute atomic E-state index is 0.183. The SMILES string of the molecule is CCC1CN(CC2COCCO2)CCN1c1nn(C2CC3(C2)CN(C(=O)OC(C)(C)C)C3)c(C)c1C. The van der Waals surface area contributed by atoms with Gasteiger partial charge in [0.25, 0.3) is 0 Å². The van der Waals surface area contributed by atoms with Gasteiger partial charge < -0.3 is 24.0 Å². The topological polar surface area (TPSA) is 72.3 Å². The summed E-state index contributed by atoms with van der Waals surface area (Å²) in [6, 6.07) is 0.870. The molecule has 5 rings (SSSR count). The molecule has 1 saturated carbocycles. The van der Waals surface area contributed by atoms with Crippen LogP contribution in [0.4, 0.5) is 10.6 Å². The van der Waals surface area contributed by atoms with Gasteiger partial charge in [-0.25, -0.2) is 4.79 Å². The van der Waals surface area contributed by atoms with E-state index in [1.807, 2.05) is 25.7 Å². The van der Waals surface area contributed by atoms with Crippen LogP contribution in [0.5, 0.6) is 0 Å². The Labute approximate surface area is 216 Å². The number of amides is 1. The fourth-order valence-corrected chi connectivity index (χ4v) is 6.45. The van der Waals surface area contributed by atoms with Crippen molar-refractivity contribution in [1.29, 1.82) is 0 Å². The standard InChI is InChI=1S/C27H45N5O4/c1-7-21-14-29(15-23-16-34-10-11-35-23)8-9-31(21)24-19(2)20(3)32(28-24)22-12-27(13-22)17-30(18-27)25(33)36-26(4,5)6/h21-23H,7-18H2,1-6H3. The Balaban J connectivity index is 1.18. The van der Waals surface area contributed by atoms with E-state index in [-0.39, 0.29) is 17.6 Å². The number of carbonyl (C=O) groups excluding carboxylic acids is 1. The summed E-state index contributed by atoms with van der Waals surface area (Å²) in [7, 11) is 0. The maximum atomic E-state index is 12.4. The van der Waals surface area contributed by atoms with Crippen LogP contribution in [0.1, 0.15) is 64.3 Å². The van der Waals surface area contributed by atoms with Crippen molar-refractivity contribution in [3.63, 3.8) is 0 Å². The molecule has 0 aromatic carbocycles. The lowest BCUT2D eigenvalue weighted by atomic mass is 9.61. The molecule has 9 heteroatoms. The molecule has 9 nitrogen and oxygen atoms in total. The van der Waals surface area contributed by atoms with E-state index in [1.54, 1.807) is 0 Å². The van der Waals surface area contributed by atoms with Gasteiger partial charge in [0.15, 0.2) is 5.82 Å². The van der Waals surface area contributed by atoms with Gasteiger partial charge in [0, 0.05) is 62.0 Å². The first-order chi connectivity index (χ1) is 17.1. The number of hydrogen-bond acceptors (Lipinski definition) is 7. The van der Waals surface area contributed by atoms with E-state index in [0.29, 0.717) is 31.9 Å². The van der Waals surface area contributed by atoms with Gasteiger partial charge >= 0.3 is 6.09 Å². The van der Waals surface area contributed by atoms with Crippen molar-refractivity contribution in [1.82, 2.24) is 19.6 Å². The predicted octanol–water partition coefficient (Wildman–Crippen LogP) is 3.39.